The van der Waals surface area contributed by atoms with E-state index in [4.69, 9.17) is 14.2 Å². The maximum Gasteiger partial charge on any atom is 0.217 e. The van der Waals surface area contributed by atoms with Crippen LogP contribution in [0.3, 0.4) is 0 Å². The molecule has 3 N–H and O–H groups in total. The summed E-state index contributed by atoms with van der Waals surface area (Å²) < 4.78 is 15.1. The number of ether oxygens (including phenoxy) is 3. The van der Waals surface area contributed by atoms with Crippen LogP contribution in [0.25, 0.3) is 0 Å². The largest absolute Gasteiger partial charge is 0.388 e. The van der Waals surface area contributed by atoms with Gasteiger partial charge in [0.15, 0.2) is 6.29 Å². The third-order valence-corrected chi connectivity index (χ3v) is 2.67. The Morgan fingerprint density at radius 3 is 2.53 bits per heavy atom. The van der Waals surface area contributed by atoms with E-state index in [1.807, 2.05) is 0 Å². The summed E-state index contributed by atoms with van der Waals surface area (Å²) in [5, 5.41) is 22.2. The van der Waals surface area contributed by atoms with E-state index in [1.165, 1.54) is 21.1 Å². The molecule has 5 atom stereocenters. The van der Waals surface area contributed by atoms with E-state index in [2.05, 4.69) is 5.32 Å². The second kappa shape index (κ2) is 6.27. The van der Waals surface area contributed by atoms with Crippen LogP contribution in [0.5, 0.6) is 0 Å². The van der Waals surface area contributed by atoms with Gasteiger partial charge in [-0.05, 0) is 0 Å². The maximum atomic E-state index is 11.0. The van der Waals surface area contributed by atoms with Crippen molar-refractivity contribution in [3.05, 3.63) is 0 Å². The van der Waals surface area contributed by atoms with Gasteiger partial charge in [0.25, 0.3) is 0 Å². The van der Waals surface area contributed by atoms with E-state index in [9.17, 15) is 15.0 Å². The standard InChI is InChI=1S/C10H19NO6/c1-5(12)11-7-9(16-3)8(13)6(4-15-2)17-10(7)14/h6-10,13-14H,4H2,1-3H3,(H,11,12)/t6-,7-,8-,9-,10?/m1/s1. The van der Waals surface area contributed by atoms with Crippen LogP contribution in [0.4, 0.5) is 0 Å². The summed E-state index contributed by atoms with van der Waals surface area (Å²) in [5.74, 6) is -0.336. The number of aliphatic hydroxyl groups excluding tert-OH is 2. The fourth-order valence-electron chi connectivity index (χ4n) is 1.91. The molecule has 0 saturated carbocycles. The number of hydrogen-bond acceptors (Lipinski definition) is 6. The highest BCUT2D eigenvalue weighted by molar-refractivity contribution is 5.73. The zero-order valence-corrected chi connectivity index (χ0v) is 10.1. The normalized spacial score (nSPS) is 37.8. The Balaban J connectivity index is 2.76. The summed E-state index contributed by atoms with van der Waals surface area (Å²) >= 11 is 0. The van der Waals surface area contributed by atoms with Crippen LogP contribution >= 0.6 is 0 Å². The number of rotatable bonds is 4. The van der Waals surface area contributed by atoms with E-state index in [-0.39, 0.29) is 12.5 Å². The number of methoxy groups -OCH3 is 2. The van der Waals surface area contributed by atoms with Crippen LogP contribution < -0.4 is 5.32 Å². The summed E-state index contributed by atoms with van der Waals surface area (Å²) in [6.07, 6.45) is -3.67. The van der Waals surface area contributed by atoms with Crippen LogP contribution in [0, 0.1) is 0 Å². The minimum Gasteiger partial charge on any atom is -0.388 e. The summed E-state index contributed by atoms with van der Waals surface area (Å²) in [7, 11) is 2.86. The second-order valence-electron chi connectivity index (χ2n) is 3.94. The Hall–Kier alpha value is -0.730. The average Bonchev–Trinajstić information content (AvgIpc) is 2.25. The van der Waals surface area contributed by atoms with Crippen LogP contribution in [-0.2, 0) is 19.0 Å². The quantitative estimate of drug-likeness (QED) is 0.545. The van der Waals surface area contributed by atoms with Crippen molar-refractivity contribution in [3.63, 3.8) is 0 Å². The minimum absolute atomic E-state index is 0.130. The fraction of sp³-hybridized carbons (Fsp3) is 0.900. The molecule has 1 aliphatic heterocycles. The lowest BCUT2D eigenvalue weighted by atomic mass is 9.97. The smallest absolute Gasteiger partial charge is 0.217 e. The van der Waals surface area contributed by atoms with Gasteiger partial charge in [0, 0.05) is 21.1 Å². The van der Waals surface area contributed by atoms with Crippen molar-refractivity contribution in [3.8, 4) is 0 Å². The highest BCUT2D eigenvalue weighted by atomic mass is 16.6. The molecule has 1 fully saturated rings. The number of hydrogen-bond donors (Lipinski definition) is 3. The van der Waals surface area contributed by atoms with Crippen LogP contribution in [0.2, 0.25) is 0 Å². The Labute approximate surface area is 99.7 Å². The molecule has 0 aromatic heterocycles. The summed E-state index contributed by atoms with van der Waals surface area (Å²) in [6.45, 7) is 1.44. The van der Waals surface area contributed by atoms with Gasteiger partial charge in [-0.3, -0.25) is 4.79 Å². The van der Waals surface area contributed by atoms with E-state index in [0.29, 0.717) is 0 Å². The van der Waals surface area contributed by atoms with Crippen molar-refractivity contribution in [2.45, 2.75) is 37.6 Å². The number of carbonyl (C=O) groups excluding carboxylic acids is 1. The average molecular weight is 249 g/mol. The molecule has 7 heteroatoms. The third kappa shape index (κ3) is 3.36. The molecular weight excluding hydrogens is 230 g/mol. The van der Waals surface area contributed by atoms with Crippen molar-refractivity contribution in [1.29, 1.82) is 0 Å². The molecule has 0 bridgehead atoms. The van der Waals surface area contributed by atoms with Gasteiger partial charge in [0.2, 0.25) is 5.91 Å². The maximum absolute atomic E-state index is 11.0. The van der Waals surface area contributed by atoms with Crippen molar-refractivity contribution in [1.82, 2.24) is 5.32 Å². The molecule has 1 heterocycles. The van der Waals surface area contributed by atoms with E-state index in [1.54, 1.807) is 0 Å². The van der Waals surface area contributed by atoms with Crippen LogP contribution in [0.1, 0.15) is 6.92 Å². The van der Waals surface area contributed by atoms with Crippen molar-refractivity contribution in [2.24, 2.45) is 0 Å². The number of amides is 1. The molecule has 0 aromatic rings. The predicted octanol–water partition coefficient (Wildman–Crippen LogP) is -1.77. The molecule has 0 radical (unpaired) electrons. The Kier molecular flexibility index (Phi) is 5.29. The van der Waals surface area contributed by atoms with Gasteiger partial charge in [0.1, 0.15) is 24.4 Å². The van der Waals surface area contributed by atoms with Gasteiger partial charge >= 0.3 is 0 Å². The highest BCUT2D eigenvalue weighted by Gasteiger charge is 2.45. The molecule has 1 saturated heterocycles. The van der Waals surface area contributed by atoms with Crippen molar-refractivity contribution < 1.29 is 29.2 Å². The van der Waals surface area contributed by atoms with Gasteiger partial charge in [-0.1, -0.05) is 0 Å². The summed E-state index contributed by atoms with van der Waals surface area (Å²) in [4.78, 5) is 11.0. The van der Waals surface area contributed by atoms with Gasteiger partial charge in [0.05, 0.1) is 6.61 Å². The first-order valence-corrected chi connectivity index (χ1v) is 5.31. The van der Waals surface area contributed by atoms with E-state index >= 15 is 0 Å². The molecule has 0 aliphatic carbocycles. The number of nitrogens with one attached hydrogen (secondary N) is 1. The van der Waals surface area contributed by atoms with Gasteiger partial charge < -0.3 is 29.7 Å². The molecule has 0 aromatic carbocycles. The topological polar surface area (TPSA) is 97.2 Å². The monoisotopic (exact) mass is 249 g/mol. The van der Waals surface area contributed by atoms with Gasteiger partial charge in [-0.15, -0.1) is 0 Å². The summed E-state index contributed by atoms with van der Waals surface area (Å²) in [6, 6.07) is -0.805. The predicted molar refractivity (Wildman–Crippen MR) is 57.2 cm³/mol. The van der Waals surface area contributed by atoms with E-state index in [0.717, 1.165) is 0 Å². The number of carbonyl (C=O) groups is 1. The minimum atomic E-state index is -1.24. The van der Waals surface area contributed by atoms with Gasteiger partial charge in [-0.25, -0.2) is 0 Å². The zero-order chi connectivity index (χ0) is 13.0. The van der Waals surface area contributed by atoms with Crippen LogP contribution in [0.15, 0.2) is 0 Å². The zero-order valence-electron chi connectivity index (χ0n) is 10.1. The first-order chi connectivity index (χ1) is 8.01. The molecular formula is C10H19NO6. The lowest BCUT2D eigenvalue weighted by Gasteiger charge is -2.42. The highest BCUT2D eigenvalue weighted by Crippen LogP contribution is 2.22. The SMILES string of the molecule is COC[C@H]1OC(O)[C@H](NC(C)=O)[C@@H](OC)[C@@H]1O. The van der Waals surface area contributed by atoms with Crippen LogP contribution in [-0.4, -0.2) is 67.6 Å². The summed E-state index contributed by atoms with van der Waals surface area (Å²) in [5.41, 5.74) is 0. The lowest BCUT2D eigenvalue weighted by molar-refractivity contribution is -0.259. The molecule has 7 nitrogen and oxygen atoms in total. The first kappa shape index (κ1) is 14.3. The fourth-order valence-corrected chi connectivity index (χ4v) is 1.91. The molecule has 0 spiro atoms. The third-order valence-electron chi connectivity index (χ3n) is 2.67. The van der Waals surface area contributed by atoms with Crippen molar-refractivity contribution >= 4 is 5.91 Å². The molecule has 1 amide bonds. The Bertz CT molecular complexity index is 261. The Morgan fingerprint density at radius 2 is 2.06 bits per heavy atom. The first-order valence-electron chi connectivity index (χ1n) is 5.31. The molecule has 1 aliphatic rings. The lowest BCUT2D eigenvalue weighted by Crippen LogP contribution is -2.64. The molecule has 100 valence electrons. The molecule has 1 unspecified atom stereocenters. The second-order valence-corrected chi connectivity index (χ2v) is 3.94. The molecule has 17 heavy (non-hydrogen) atoms. The number of aliphatic hydroxyl groups is 2. The van der Waals surface area contributed by atoms with E-state index < -0.39 is 30.6 Å². The van der Waals surface area contributed by atoms with Crippen molar-refractivity contribution in [2.75, 3.05) is 20.8 Å². The Morgan fingerprint density at radius 1 is 1.41 bits per heavy atom. The van der Waals surface area contributed by atoms with Gasteiger partial charge in [-0.2, -0.15) is 0 Å². The molecule has 1 rings (SSSR count).